The van der Waals surface area contributed by atoms with Gasteiger partial charge in [-0.15, -0.1) is 0 Å². The van der Waals surface area contributed by atoms with Gasteiger partial charge in [0.2, 0.25) is 0 Å². The Morgan fingerprint density at radius 1 is 0.309 bits per heavy atom. The van der Waals surface area contributed by atoms with Crippen LogP contribution in [0, 0.1) is 0 Å². The van der Waals surface area contributed by atoms with Crippen molar-refractivity contribution in [3.05, 3.63) is 245 Å². The monoisotopic (exact) mass is 999 g/mol. The van der Waals surface area contributed by atoms with Crippen LogP contribution >= 0.6 is 31.9 Å². The molecule has 0 radical (unpaired) electrons. The van der Waals surface area contributed by atoms with Crippen LogP contribution in [0.4, 0.5) is 0 Å². The van der Waals surface area contributed by atoms with E-state index in [2.05, 4.69) is 284 Å². The largest absolute Gasteiger partial charge is 0.309 e. The van der Waals surface area contributed by atoms with Crippen LogP contribution in [0.1, 0.15) is 25.0 Å². The lowest BCUT2D eigenvalue weighted by atomic mass is 9.82. The van der Waals surface area contributed by atoms with Gasteiger partial charge in [0.15, 0.2) is 0 Å². The number of nitrogens with zero attached hydrogens (tertiary/aromatic N) is 3. The Bertz CT molecular complexity index is 4100. The number of fused-ring (bicyclic) bond motifs is 13. The molecule has 13 aromatic rings. The summed E-state index contributed by atoms with van der Waals surface area (Å²) in [4.78, 5) is 0. The fourth-order valence-corrected chi connectivity index (χ4v) is 11.8. The van der Waals surface area contributed by atoms with E-state index in [9.17, 15) is 0 Å². The van der Waals surface area contributed by atoms with Crippen LogP contribution in [0.3, 0.4) is 0 Å². The van der Waals surface area contributed by atoms with E-state index in [1.807, 2.05) is 0 Å². The smallest absolute Gasteiger partial charge is 0.0788 e. The van der Waals surface area contributed by atoms with E-state index in [0.717, 1.165) is 14.6 Å². The molecule has 1 aliphatic rings. The van der Waals surface area contributed by atoms with Crippen molar-refractivity contribution in [3.8, 4) is 39.3 Å². The third-order valence-electron chi connectivity index (χ3n) is 14.2. The second kappa shape index (κ2) is 15.8. The molecule has 0 N–H and O–H groups in total. The van der Waals surface area contributed by atoms with Crippen LogP contribution in [-0.4, -0.2) is 13.7 Å². The summed E-state index contributed by atoms with van der Waals surface area (Å²) in [6.45, 7) is 4.70. The van der Waals surface area contributed by atoms with E-state index in [1.165, 1.54) is 110 Å². The quantitative estimate of drug-likeness (QED) is 0.167. The van der Waals surface area contributed by atoms with E-state index >= 15 is 0 Å². The first-order valence-electron chi connectivity index (χ1n) is 23.1. The van der Waals surface area contributed by atoms with Crippen LogP contribution in [0.5, 0.6) is 0 Å². The molecule has 0 unspecified atom stereocenters. The van der Waals surface area contributed by atoms with Crippen LogP contribution < -0.4 is 0 Å². The summed E-state index contributed by atoms with van der Waals surface area (Å²) in [5.41, 5.74) is 18.8. The molecular weight excluding hydrogens is 959 g/mol. The zero-order valence-electron chi connectivity index (χ0n) is 37.5. The van der Waals surface area contributed by atoms with Gasteiger partial charge in [0, 0.05) is 63.7 Å². The topological polar surface area (TPSA) is 14.8 Å². The van der Waals surface area contributed by atoms with E-state index in [0.29, 0.717) is 0 Å². The van der Waals surface area contributed by atoms with E-state index in [1.54, 1.807) is 0 Å². The van der Waals surface area contributed by atoms with Crippen LogP contribution in [0.2, 0.25) is 0 Å². The minimum absolute atomic E-state index is 0.0286. The lowest BCUT2D eigenvalue weighted by Gasteiger charge is -2.21. The van der Waals surface area contributed by atoms with Gasteiger partial charge in [-0.1, -0.05) is 179 Å². The molecule has 3 nitrogen and oxygen atoms in total. The van der Waals surface area contributed by atoms with Crippen molar-refractivity contribution in [3.63, 3.8) is 0 Å². The first-order valence-corrected chi connectivity index (χ1v) is 24.7. The van der Waals surface area contributed by atoms with Crippen molar-refractivity contribution in [2.45, 2.75) is 19.3 Å². The van der Waals surface area contributed by atoms with Crippen molar-refractivity contribution < 1.29 is 0 Å². The van der Waals surface area contributed by atoms with Crippen molar-refractivity contribution in [2.24, 2.45) is 0 Å². The summed E-state index contributed by atoms with van der Waals surface area (Å²) in [5.74, 6) is 0. The maximum Gasteiger partial charge on any atom is 0.0788 e. The van der Waals surface area contributed by atoms with Crippen LogP contribution in [0.25, 0.3) is 105 Å². The molecule has 1 aliphatic carbocycles. The highest BCUT2D eigenvalue weighted by atomic mass is 79.9. The molecule has 0 saturated heterocycles. The Kier molecular flexibility index (Phi) is 9.50. The molecule has 3 heterocycles. The van der Waals surface area contributed by atoms with Crippen molar-refractivity contribution in [2.75, 3.05) is 0 Å². The highest BCUT2D eigenvalue weighted by Crippen LogP contribution is 2.51. The van der Waals surface area contributed by atoms with E-state index in [-0.39, 0.29) is 5.41 Å². The van der Waals surface area contributed by atoms with Gasteiger partial charge in [-0.25, -0.2) is 0 Å². The highest BCUT2D eigenvalue weighted by Gasteiger charge is 2.36. The van der Waals surface area contributed by atoms with Gasteiger partial charge in [-0.2, -0.15) is 0 Å². The molecule has 5 heteroatoms. The standard InChI is InChI=1S/C33H24BrN.C30H19BrN2/c1-33(2)29-11-7-6-10-25(29)26-19-28-27-18-23(34)14-17-31(27)35(32(28)20-30(26)33)24-15-12-22(13-16-24)21-8-4-3-5-9-21;31-20-15-18-28-26(19-20)25-17-16-24-23-13-7-8-14-27(23)32(21-9-3-1-4-10-21)29(24)30(25)33(28)22-11-5-2-6-12-22/h3-20H,1-2H3;1-19H. The minimum Gasteiger partial charge on any atom is -0.309 e. The number of halogens is 2. The Hall–Kier alpha value is -7.44. The van der Waals surface area contributed by atoms with Crippen molar-refractivity contribution >= 4 is 97.3 Å². The molecular formula is C63H43Br2N3. The first-order chi connectivity index (χ1) is 33.3. The number of para-hydroxylation sites is 3. The number of hydrogen-bond donors (Lipinski definition) is 0. The average molecular weight is 1000 g/mol. The zero-order chi connectivity index (χ0) is 45.7. The predicted molar refractivity (Wildman–Crippen MR) is 294 cm³/mol. The summed E-state index contributed by atoms with van der Waals surface area (Å²) in [6.07, 6.45) is 0. The van der Waals surface area contributed by atoms with Gasteiger partial charge < -0.3 is 13.7 Å². The fourth-order valence-electron chi connectivity index (χ4n) is 11.1. The first kappa shape index (κ1) is 40.8. The van der Waals surface area contributed by atoms with Crippen LogP contribution in [0.15, 0.2) is 233 Å². The van der Waals surface area contributed by atoms with Gasteiger partial charge in [0.1, 0.15) is 0 Å². The van der Waals surface area contributed by atoms with Gasteiger partial charge in [-0.05, 0) is 124 Å². The Morgan fingerprint density at radius 3 is 1.43 bits per heavy atom. The van der Waals surface area contributed by atoms with Gasteiger partial charge in [0.05, 0.1) is 33.1 Å². The number of hydrogen-bond acceptors (Lipinski definition) is 0. The second-order valence-corrected chi connectivity index (χ2v) is 20.2. The fraction of sp³-hybridized carbons (Fsp3) is 0.0476. The molecule has 68 heavy (non-hydrogen) atoms. The number of benzene rings is 10. The van der Waals surface area contributed by atoms with Gasteiger partial charge in [-0.3, -0.25) is 0 Å². The Balaban J connectivity index is 0.000000135. The molecule has 0 atom stereocenters. The SMILES string of the molecule is Brc1ccc2c(c1)c1ccc3c4ccccc4n(-c4ccccc4)c3c1n2-c1ccccc1.CC1(C)c2ccccc2-c2cc3c4cc(Br)ccc4n(-c4ccc(-c5ccccc5)cc4)c3cc21. The Morgan fingerprint density at radius 2 is 0.779 bits per heavy atom. The summed E-state index contributed by atoms with van der Waals surface area (Å²) in [5, 5.41) is 7.59. The molecule has 0 spiro atoms. The molecule has 0 bridgehead atoms. The molecule has 0 aliphatic heterocycles. The van der Waals surface area contributed by atoms with Crippen LogP contribution in [-0.2, 0) is 5.41 Å². The highest BCUT2D eigenvalue weighted by molar-refractivity contribution is 9.10. The number of rotatable bonds is 4. The maximum atomic E-state index is 3.72. The summed E-state index contributed by atoms with van der Waals surface area (Å²) < 4.78 is 9.44. The third kappa shape index (κ3) is 6.29. The molecule has 14 rings (SSSR count). The van der Waals surface area contributed by atoms with E-state index < -0.39 is 0 Å². The van der Waals surface area contributed by atoms with Gasteiger partial charge in [0.25, 0.3) is 0 Å². The minimum atomic E-state index is -0.0286. The van der Waals surface area contributed by atoms with E-state index in [4.69, 9.17) is 0 Å². The van der Waals surface area contributed by atoms with Crippen molar-refractivity contribution in [1.82, 2.24) is 13.7 Å². The third-order valence-corrected chi connectivity index (χ3v) is 15.2. The summed E-state index contributed by atoms with van der Waals surface area (Å²) in [6, 6.07) is 81.1. The van der Waals surface area contributed by atoms with Crippen molar-refractivity contribution in [1.29, 1.82) is 0 Å². The summed E-state index contributed by atoms with van der Waals surface area (Å²) >= 11 is 7.41. The lowest BCUT2D eigenvalue weighted by molar-refractivity contribution is 0.661. The predicted octanol–water partition coefficient (Wildman–Crippen LogP) is 18.2. The molecule has 0 fully saturated rings. The average Bonchev–Trinajstić information content (AvgIpc) is 4.07. The molecule has 3 aromatic heterocycles. The number of aromatic nitrogens is 3. The lowest BCUT2D eigenvalue weighted by Crippen LogP contribution is -2.14. The molecule has 324 valence electrons. The maximum absolute atomic E-state index is 3.72. The molecule has 0 saturated carbocycles. The normalized spacial score (nSPS) is 12.8. The Labute approximate surface area is 411 Å². The summed E-state index contributed by atoms with van der Waals surface area (Å²) in [7, 11) is 0. The molecule has 10 aromatic carbocycles. The zero-order valence-corrected chi connectivity index (χ0v) is 40.6. The van der Waals surface area contributed by atoms with Gasteiger partial charge >= 0.3 is 0 Å². The molecule has 0 amide bonds. The second-order valence-electron chi connectivity index (χ2n) is 18.4.